The maximum atomic E-state index is 14.0. The average molecular weight is 577 g/mol. The second kappa shape index (κ2) is 11.7. The molecule has 3 aromatic heterocycles. The molecule has 0 unspecified atom stereocenters. The van der Waals surface area contributed by atoms with Crippen LogP contribution < -0.4 is 11.3 Å². The summed E-state index contributed by atoms with van der Waals surface area (Å²) in [6.07, 6.45) is 3.31. The molecule has 0 aliphatic heterocycles. The number of unbranched alkanes of at least 4 members (excludes halogenated alkanes) is 1. The summed E-state index contributed by atoms with van der Waals surface area (Å²) in [6.45, 7) is 6.70. The molecule has 0 saturated heterocycles. The van der Waals surface area contributed by atoms with E-state index in [0.29, 0.717) is 18.8 Å². The van der Waals surface area contributed by atoms with E-state index < -0.39 is 5.76 Å². The standard InChI is InChI=1S/C34H32N4O3S/c1-4-5-10-30-29(33(39)38(22(3)35-30)20-26-19-25-17-21(2)11-16-31(25)42-26)18-23-12-14-24(15-13-23)27-8-6-7-9-28(27)32-36-34(40)41-37-32/h6-9,11-17,19H,4-5,10,18,20H2,1-3H3,(H,36,37,40). The molecule has 6 rings (SSSR count). The van der Waals surface area contributed by atoms with E-state index in [1.165, 1.54) is 15.6 Å². The molecular formula is C34H32N4O3S. The van der Waals surface area contributed by atoms with Crippen molar-refractivity contribution in [3.63, 3.8) is 0 Å². The van der Waals surface area contributed by atoms with Crippen LogP contribution in [0.2, 0.25) is 0 Å². The van der Waals surface area contributed by atoms with Gasteiger partial charge in [0, 0.05) is 27.1 Å². The average Bonchev–Trinajstić information content (AvgIpc) is 3.61. The molecule has 3 aromatic carbocycles. The Morgan fingerprint density at radius 3 is 2.48 bits per heavy atom. The Kier molecular flexibility index (Phi) is 7.71. The third-order valence-corrected chi connectivity index (χ3v) is 8.71. The van der Waals surface area contributed by atoms with Crippen molar-refractivity contribution in [2.24, 2.45) is 0 Å². The number of H-pyrrole nitrogens is 1. The van der Waals surface area contributed by atoms with Crippen molar-refractivity contribution in [3.05, 3.63) is 127 Å². The highest BCUT2D eigenvalue weighted by Gasteiger charge is 2.17. The van der Waals surface area contributed by atoms with E-state index in [4.69, 9.17) is 9.51 Å². The van der Waals surface area contributed by atoms with Crippen LogP contribution in [-0.4, -0.2) is 19.7 Å². The molecule has 0 atom stereocenters. The van der Waals surface area contributed by atoms with Gasteiger partial charge in [0.05, 0.1) is 12.2 Å². The molecule has 8 heteroatoms. The first kappa shape index (κ1) is 27.6. The van der Waals surface area contributed by atoms with Gasteiger partial charge in [0.2, 0.25) is 0 Å². The van der Waals surface area contributed by atoms with Crippen LogP contribution in [0.5, 0.6) is 0 Å². The highest BCUT2D eigenvalue weighted by atomic mass is 32.1. The van der Waals surface area contributed by atoms with Gasteiger partial charge in [0.1, 0.15) is 5.82 Å². The second-order valence-electron chi connectivity index (χ2n) is 10.7. The van der Waals surface area contributed by atoms with Crippen molar-refractivity contribution in [2.45, 2.75) is 53.0 Å². The summed E-state index contributed by atoms with van der Waals surface area (Å²) in [5.41, 5.74) is 6.64. The molecule has 6 aromatic rings. The Labute approximate surface area is 247 Å². The van der Waals surface area contributed by atoms with Gasteiger partial charge >= 0.3 is 5.76 Å². The predicted molar refractivity (Wildman–Crippen MR) is 168 cm³/mol. The fraction of sp³-hybridized carbons (Fsp3) is 0.235. The number of aromatic nitrogens is 4. The van der Waals surface area contributed by atoms with Crippen molar-refractivity contribution in [1.82, 2.24) is 19.7 Å². The maximum Gasteiger partial charge on any atom is 0.439 e. The highest BCUT2D eigenvalue weighted by molar-refractivity contribution is 7.19. The summed E-state index contributed by atoms with van der Waals surface area (Å²) in [7, 11) is 0. The monoisotopic (exact) mass is 576 g/mol. The number of nitrogens with zero attached hydrogens (tertiary/aromatic N) is 3. The Morgan fingerprint density at radius 2 is 1.74 bits per heavy atom. The van der Waals surface area contributed by atoms with Crippen LogP contribution in [0, 0.1) is 13.8 Å². The predicted octanol–water partition coefficient (Wildman–Crippen LogP) is 7.07. The number of hydrogen-bond acceptors (Lipinski definition) is 6. The quantitative estimate of drug-likeness (QED) is 0.199. The molecule has 0 saturated carbocycles. The van der Waals surface area contributed by atoms with Gasteiger partial charge in [-0.25, -0.2) is 9.78 Å². The van der Waals surface area contributed by atoms with Crippen molar-refractivity contribution >= 4 is 21.4 Å². The number of thiophene rings is 1. The second-order valence-corrected chi connectivity index (χ2v) is 11.9. The number of rotatable bonds is 9. The third kappa shape index (κ3) is 5.63. The van der Waals surface area contributed by atoms with Crippen molar-refractivity contribution in [2.75, 3.05) is 0 Å². The molecule has 0 amide bonds. The van der Waals surface area contributed by atoms with Crippen LogP contribution in [0.1, 0.15) is 52.9 Å². The van der Waals surface area contributed by atoms with E-state index in [1.807, 2.05) is 47.9 Å². The first-order valence-electron chi connectivity index (χ1n) is 14.2. The molecule has 1 N–H and O–H groups in total. The zero-order chi connectivity index (χ0) is 29.2. The molecule has 0 bridgehead atoms. The van der Waals surface area contributed by atoms with Crippen molar-refractivity contribution < 1.29 is 4.52 Å². The van der Waals surface area contributed by atoms with Gasteiger partial charge < -0.3 is 0 Å². The molecule has 0 radical (unpaired) electrons. The zero-order valence-corrected chi connectivity index (χ0v) is 24.8. The summed E-state index contributed by atoms with van der Waals surface area (Å²) in [4.78, 5) is 34.3. The van der Waals surface area contributed by atoms with Gasteiger partial charge in [-0.15, -0.1) is 11.3 Å². The van der Waals surface area contributed by atoms with Crippen molar-refractivity contribution in [1.29, 1.82) is 0 Å². The van der Waals surface area contributed by atoms with E-state index in [-0.39, 0.29) is 5.56 Å². The number of aromatic amines is 1. The van der Waals surface area contributed by atoms with Crippen LogP contribution in [0.4, 0.5) is 0 Å². The molecule has 42 heavy (non-hydrogen) atoms. The van der Waals surface area contributed by atoms with Crippen LogP contribution >= 0.6 is 11.3 Å². The molecule has 3 heterocycles. The van der Waals surface area contributed by atoms with Gasteiger partial charge in [0.15, 0.2) is 5.82 Å². The van der Waals surface area contributed by atoms with E-state index in [0.717, 1.165) is 63.5 Å². The Morgan fingerprint density at radius 1 is 0.952 bits per heavy atom. The van der Waals surface area contributed by atoms with Gasteiger partial charge in [0.25, 0.3) is 5.56 Å². The summed E-state index contributed by atoms with van der Waals surface area (Å²) < 4.78 is 7.78. The summed E-state index contributed by atoms with van der Waals surface area (Å²) in [5.74, 6) is 0.551. The number of benzene rings is 3. The number of fused-ring (bicyclic) bond motifs is 1. The number of hydrogen-bond donors (Lipinski definition) is 1. The molecule has 0 aliphatic rings. The molecule has 212 valence electrons. The first-order chi connectivity index (χ1) is 20.4. The molecular weight excluding hydrogens is 544 g/mol. The molecule has 0 aliphatic carbocycles. The number of aryl methyl sites for hydroxylation is 3. The van der Waals surface area contributed by atoms with Crippen LogP contribution in [-0.2, 0) is 19.4 Å². The number of nitrogens with one attached hydrogen (secondary N) is 1. The van der Waals surface area contributed by atoms with E-state index >= 15 is 0 Å². The van der Waals surface area contributed by atoms with E-state index in [1.54, 1.807) is 11.3 Å². The van der Waals surface area contributed by atoms with Crippen LogP contribution in [0.25, 0.3) is 32.6 Å². The first-order valence-corrected chi connectivity index (χ1v) is 15.0. The fourth-order valence-corrected chi connectivity index (χ4v) is 6.45. The minimum atomic E-state index is -0.589. The normalized spacial score (nSPS) is 11.4. The van der Waals surface area contributed by atoms with Gasteiger partial charge in [-0.2, -0.15) is 0 Å². The maximum absolute atomic E-state index is 14.0. The molecule has 0 fully saturated rings. The van der Waals surface area contributed by atoms with E-state index in [2.05, 4.69) is 60.4 Å². The fourth-order valence-electron chi connectivity index (χ4n) is 5.42. The third-order valence-electron chi connectivity index (χ3n) is 7.61. The molecule has 7 nitrogen and oxygen atoms in total. The smallest absolute Gasteiger partial charge is 0.296 e. The topological polar surface area (TPSA) is 93.8 Å². The Balaban J connectivity index is 1.33. The summed E-state index contributed by atoms with van der Waals surface area (Å²) in [6, 6.07) is 24.6. The van der Waals surface area contributed by atoms with E-state index in [9.17, 15) is 9.59 Å². The van der Waals surface area contributed by atoms with Crippen LogP contribution in [0.15, 0.2) is 86.9 Å². The minimum absolute atomic E-state index is 0.0339. The lowest BCUT2D eigenvalue weighted by Gasteiger charge is -2.15. The minimum Gasteiger partial charge on any atom is -0.296 e. The molecule has 0 spiro atoms. The van der Waals surface area contributed by atoms with Gasteiger partial charge in [-0.3, -0.25) is 18.9 Å². The van der Waals surface area contributed by atoms with Gasteiger partial charge in [-0.1, -0.05) is 84.7 Å². The lowest BCUT2D eigenvalue weighted by atomic mass is 9.96. The zero-order valence-electron chi connectivity index (χ0n) is 23.9. The summed E-state index contributed by atoms with van der Waals surface area (Å²) in [5, 5.41) is 5.08. The lowest BCUT2D eigenvalue weighted by Crippen LogP contribution is -2.29. The van der Waals surface area contributed by atoms with Gasteiger partial charge in [-0.05, 0) is 60.9 Å². The largest absolute Gasteiger partial charge is 0.439 e. The summed E-state index contributed by atoms with van der Waals surface area (Å²) >= 11 is 1.73. The van der Waals surface area contributed by atoms with Crippen LogP contribution in [0.3, 0.4) is 0 Å². The Bertz CT molecular complexity index is 2000. The lowest BCUT2D eigenvalue weighted by molar-refractivity contribution is 0.388. The highest BCUT2D eigenvalue weighted by Crippen LogP contribution is 2.30. The SMILES string of the molecule is CCCCc1nc(C)n(Cc2cc3cc(C)ccc3s2)c(=O)c1Cc1ccc(-c2ccccc2-c2noc(=O)[nH]2)cc1. The van der Waals surface area contributed by atoms with Crippen molar-refractivity contribution in [3.8, 4) is 22.5 Å². The Hall–Kier alpha value is -4.56.